The van der Waals surface area contributed by atoms with Crippen molar-refractivity contribution >= 4 is 10.0 Å². The average Bonchev–Trinajstić information content (AvgIpc) is 2.94. The molecule has 2 rings (SSSR count). The number of sulfonamides is 1. The van der Waals surface area contributed by atoms with Gasteiger partial charge in [-0.05, 0) is 20.9 Å². The summed E-state index contributed by atoms with van der Waals surface area (Å²) in [5.41, 5.74) is 2.77. The molecule has 0 aliphatic heterocycles. The first-order chi connectivity index (χ1) is 9.86. The van der Waals surface area contributed by atoms with E-state index in [4.69, 9.17) is 0 Å². The SMILES string of the molecule is CNCc1n[nH]c(C)c1S(=O)(=O)NCc1cnn(C)c1C. The lowest BCUT2D eigenvalue weighted by Crippen LogP contribution is -2.25. The minimum absolute atomic E-state index is 0.200. The van der Waals surface area contributed by atoms with Crippen LogP contribution in [0.1, 0.15) is 22.6 Å². The second-order valence-corrected chi connectivity index (χ2v) is 6.56. The second-order valence-electron chi connectivity index (χ2n) is 4.86. The predicted octanol–water partition coefficient (Wildman–Crippen LogP) is -0.0421. The third kappa shape index (κ3) is 3.14. The summed E-state index contributed by atoms with van der Waals surface area (Å²) in [5, 5.41) is 13.7. The quantitative estimate of drug-likeness (QED) is 0.694. The molecule has 116 valence electrons. The van der Waals surface area contributed by atoms with E-state index < -0.39 is 10.0 Å². The normalized spacial score (nSPS) is 12.0. The summed E-state index contributed by atoms with van der Waals surface area (Å²) in [6.07, 6.45) is 1.66. The predicted molar refractivity (Wildman–Crippen MR) is 78.1 cm³/mol. The maximum atomic E-state index is 12.5. The lowest BCUT2D eigenvalue weighted by molar-refractivity contribution is 0.578. The van der Waals surface area contributed by atoms with Gasteiger partial charge in [0.15, 0.2) is 0 Å². The Balaban J connectivity index is 2.23. The molecule has 0 amide bonds. The van der Waals surface area contributed by atoms with E-state index in [1.54, 1.807) is 24.9 Å². The zero-order valence-corrected chi connectivity index (χ0v) is 13.4. The van der Waals surface area contributed by atoms with E-state index >= 15 is 0 Å². The number of aryl methyl sites for hydroxylation is 2. The maximum Gasteiger partial charge on any atom is 0.244 e. The molecule has 0 saturated carbocycles. The summed E-state index contributed by atoms with van der Waals surface area (Å²) in [6.45, 7) is 4.17. The summed E-state index contributed by atoms with van der Waals surface area (Å²) in [4.78, 5) is 0.207. The van der Waals surface area contributed by atoms with Crippen LogP contribution in [0.5, 0.6) is 0 Å². The molecular weight excluding hydrogens is 292 g/mol. The summed E-state index contributed by atoms with van der Waals surface area (Å²) < 4.78 is 29.3. The van der Waals surface area contributed by atoms with Crippen LogP contribution in [0, 0.1) is 13.8 Å². The Morgan fingerprint density at radius 2 is 2.05 bits per heavy atom. The maximum absolute atomic E-state index is 12.5. The van der Waals surface area contributed by atoms with Crippen molar-refractivity contribution in [3.8, 4) is 0 Å². The molecule has 0 fully saturated rings. The molecule has 0 saturated heterocycles. The number of nitrogens with one attached hydrogen (secondary N) is 3. The lowest BCUT2D eigenvalue weighted by Gasteiger charge is -2.08. The molecule has 8 nitrogen and oxygen atoms in total. The van der Waals surface area contributed by atoms with Gasteiger partial charge in [-0.3, -0.25) is 9.78 Å². The van der Waals surface area contributed by atoms with E-state index in [2.05, 4.69) is 25.3 Å². The molecule has 3 N–H and O–H groups in total. The first-order valence-corrected chi connectivity index (χ1v) is 8.00. The van der Waals surface area contributed by atoms with Gasteiger partial charge in [-0.25, -0.2) is 13.1 Å². The molecule has 0 aromatic carbocycles. The van der Waals surface area contributed by atoms with Crippen LogP contribution in [0.4, 0.5) is 0 Å². The van der Waals surface area contributed by atoms with Crippen molar-refractivity contribution in [2.24, 2.45) is 7.05 Å². The Kier molecular flexibility index (Phi) is 4.45. The third-order valence-corrected chi connectivity index (χ3v) is 4.97. The molecule has 2 heterocycles. The van der Waals surface area contributed by atoms with Gasteiger partial charge in [0.1, 0.15) is 4.90 Å². The minimum Gasteiger partial charge on any atom is -0.314 e. The highest BCUT2D eigenvalue weighted by atomic mass is 32.2. The van der Waals surface area contributed by atoms with E-state index in [9.17, 15) is 8.42 Å². The van der Waals surface area contributed by atoms with Gasteiger partial charge < -0.3 is 5.32 Å². The summed E-state index contributed by atoms with van der Waals surface area (Å²) in [5.74, 6) is 0. The number of nitrogens with zero attached hydrogens (tertiary/aromatic N) is 3. The van der Waals surface area contributed by atoms with Crippen LogP contribution in [0.3, 0.4) is 0 Å². The van der Waals surface area contributed by atoms with Gasteiger partial charge in [0.05, 0.1) is 17.6 Å². The zero-order chi connectivity index (χ0) is 15.6. The summed E-state index contributed by atoms with van der Waals surface area (Å²) in [7, 11) is -0.0660. The number of aromatic amines is 1. The van der Waals surface area contributed by atoms with Crippen LogP contribution in [-0.2, 0) is 30.2 Å². The van der Waals surface area contributed by atoms with E-state index in [-0.39, 0.29) is 11.4 Å². The van der Waals surface area contributed by atoms with E-state index in [1.165, 1.54) is 0 Å². The van der Waals surface area contributed by atoms with Crippen LogP contribution in [0.25, 0.3) is 0 Å². The van der Waals surface area contributed by atoms with Crippen molar-refractivity contribution in [1.82, 2.24) is 30.0 Å². The molecule has 0 aliphatic rings. The fourth-order valence-electron chi connectivity index (χ4n) is 2.08. The van der Waals surface area contributed by atoms with Gasteiger partial charge in [0.25, 0.3) is 0 Å². The first-order valence-electron chi connectivity index (χ1n) is 6.52. The fraction of sp³-hybridized carbons (Fsp3) is 0.500. The third-order valence-electron chi connectivity index (χ3n) is 3.36. The monoisotopic (exact) mass is 312 g/mol. The number of hydrogen-bond acceptors (Lipinski definition) is 5. The zero-order valence-electron chi connectivity index (χ0n) is 12.6. The van der Waals surface area contributed by atoms with Crippen molar-refractivity contribution in [2.45, 2.75) is 31.8 Å². The van der Waals surface area contributed by atoms with Crippen molar-refractivity contribution in [2.75, 3.05) is 7.05 Å². The Morgan fingerprint density at radius 3 is 2.62 bits per heavy atom. The molecule has 0 bridgehead atoms. The van der Waals surface area contributed by atoms with Gasteiger partial charge in [-0.2, -0.15) is 10.2 Å². The largest absolute Gasteiger partial charge is 0.314 e. The highest BCUT2D eigenvalue weighted by Crippen LogP contribution is 2.18. The Labute approximate surface area is 124 Å². The van der Waals surface area contributed by atoms with Gasteiger partial charge in [0.2, 0.25) is 10.0 Å². The van der Waals surface area contributed by atoms with Crippen LogP contribution < -0.4 is 10.0 Å². The van der Waals surface area contributed by atoms with Gasteiger partial charge in [-0.1, -0.05) is 0 Å². The molecule has 2 aromatic heterocycles. The molecule has 0 atom stereocenters. The average molecular weight is 312 g/mol. The molecule has 0 spiro atoms. The summed E-state index contributed by atoms with van der Waals surface area (Å²) >= 11 is 0. The molecule has 9 heteroatoms. The standard InChI is InChI=1S/C12H20N6O2S/c1-8-12(11(7-13-3)17-16-8)21(19,20)15-6-10-5-14-18(4)9(10)2/h5,13,15H,6-7H2,1-4H3,(H,16,17). The Morgan fingerprint density at radius 1 is 1.33 bits per heavy atom. The number of aromatic nitrogens is 4. The molecular formula is C12H20N6O2S. The van der Waals surface area contributed by atoms with Crippen LogP contribution in [0.15, 0.2) is 11.1 Å². The van der Waals surface area contributed by atoms with Crippen molar-refractivity contribution in [1.29, 1.82) is 0 Å². The molecule has 2 aromatic rings. The van der Waals surface area contributed by atoms with Crippen molar-refractivity contribution < 1.29 is 8.42 Å². The van der Waals surface area contributed by atoms with E-state index in [0.29, 0.717) is 17.9 Å². The van der Waals surface area contributed by atoms with Crippen molar-refractivity contribution in [3.05, 3.63) is 28.8 Å². The van der Waals surface area contributed by atoms with E-state index in [1.807, 2.05) is 14.0 Å². The van der Waals surface area contributed by atoms with Gasteiger partial charge in [0, 0.05) is 31.4 Å². The molecule has 0 aliphatic carbocycles. The van der Waals surface area contributed by atoms with Crippen LogP contribution >= 0.6 is 0 Å². The summed E-state index contributed by atoms with van der Waals surface area (Å²) in [6, 6.07) is 0. The van der Waals surface area contributed by atoms with Gasteiger partial charge >= 0.3 is 0 Å². The number of H-pyrrole nitrogens is 1. The topological polar surface area (TPSA) is 105 Å². The number of hydrogen-bond donors (Lipinski definition) is 3. The van der Waals surface area contributed by atoms with Crippen LogP contribution in [-0.4, -0.2) is 35.4 Å². The molecule has 0 unspecified atom stereocenters. The highest BCUT2D eigenvalue weighted by Gasteiger charge is 2.24. The molecule has 21 heavy (non-hydrogen) atoms. The smallest absolute Gasteiger partial charge is 0.244 e. The van der Waals surface area contributed by atoms with Gasteiger partial charge in [-0.15, -0.1) is 0 Å². The first kappa shape index (κ1) is 15.7. The number of rotatable bonds is 6. The van der Waals surface area contributed by atoms with Crippen LogP contribution in [0.2, 0.25) is 0 Å². The molecule has 0 radical (unpaired) electrons. The van der Waals surface area contributed by atoms with Crippen molar-refractivity contribution in [3.63, 3.8) is 0 Å². The Hall–Kier alpha value is -1.71. The highest BCUT2D eigenvalue weighted by molar-refractivity contribution is 7.89. The Bertz CT molecular complexity index is 731. The second kappa shape index (κ2) is 5.96. The fourth-order valence-corrected chi connectivity index (χ4v) is 3.44. The van der Waals surface area contributed by atoms with E-state index in [0.717, 1.165) is 11.3 Å². The lowest BCUT2D eigenvalue weighted by atomic mass is 10.3. The minimum atomic E-state index is -3.63.